The van der Waals surface area contributed by atoms with Gasteiger partial charge in [-0.2, -0.15) is 0 Å². The molecule has 5 heteroatoms. The molecule has 2 atom stereocenters. The molecule has 0 aromatic heterocycles. The molecule has 0 spiro atoms. The standard InChI is InChI=1S/C16H22FNO3/c1-10-7-8-13(17)9-14(10)15(19)18-12(3)6-4-5-11(2)16(20)21/h7-9,11-12H,4-6H2,1-3H3,(H,18,19)(H,20,21). The first kappa shape index (κ1) is 17.1. The van der Waals surface area contributed by atoms with E-state index in [0.29, 0.717) is 18.4 Å². The van der Waals surface area contributed by atoms with Crippen molar-refractivity contribution in [3.63, 3.8) is 0 Å². The number of carbonyl (C=O) groups excluding carboxylic acids is 1. The van der Waals surface area contributed by atoms with Gasteiger partial charge in [0.05, 0.1) is 5.92 Å². The lowest BCUT2D eigenvalue weighted by Crippen LogP contribution is -2.33. The fourth-order valence-corrected chi connectivity index (χ4v) is 2.07. The number of rotatable bonds is 7. The predicted molar refractivity (Wildman–Crippen MR) is 78.7 cm³/mol. The minimum absolute atomic E-state index is 0.0823. The van der Waals surface area contributed by atoms with Gasteiger partial charge in [-0.3, -0.25) is 9.59 Å². The van der Waals surface area contributed by atoms with Crippen LogP contribution in [0.5, 0.6) is 0 Å². The average molecular weight is 295 g/mol. The minimum Gasteiger partial charge on any atom is -0.481 e. The topological polar surface area (TPSA) is 66.4 Å². The van der Waals surface area contributed by atoms with E-state index in [1.807, 2.05) is 6.92 Å². The van der Waals surface area contributed by atoms with Crippen LogP contribution in [0.25, 0.3) is 0 Å². The van der Waals surface area contributed by atoms with Gasteiger partial charge in [-0.25, -0.2) is 4.39 Å². The molecule has 0 heterocycles. The highest BCUT2D eigenvalue weighted by Crippen LogP contribution is 2.12. The third-order valence-electron chi connectivity index (χ3n) is 3.52. The van der Waals surface area contributed by atoms with E-state index in [0.717, 1.165) is 12.0 Å². The molecule has 2 unspecified atom stereocenters. The molecule has 0 aliphatic rings. The van der Waals surface area contributed by atoms with Gasteiger partial charge in [-0.1, -0.05) is 19.4 Å². The second-order valence-electron chi connectivity index (χ2n) is 5.50. The number of nitrogens with one attached hydrogen (secondary N) is 1. The fraction of sp³-hybridized carbons (Fsp3) is 0.500. The summed E-state index contributed by atoms with van der Waals surface area (Å²) in [6.07, 6.45) is 1.99. The van der Waals surface area contributed by atoms with Crippen molar-refractivity contribution in [1.82, 2.24) is 5.32 Å². The third kappa shape index (κ3) is 5.53. The van der Waals surface area contributed by atoms with Crippen LogP contribution in [0, 0.1) is 18.7 Å². The Morgan fingerprint density at radius 1 is 1.29 bits per heavy atom. The number of carbonyl (C=O) groups is 2. The first-order valence-electron chi connectivity index (χ1n) is 7.11. The van der Waals surface area contributed by atoms with Crippen molar-refractivity contribution in [2.45, 2.75) is 46.1 Å². The molecule has 21 heavy (non-hydrogen) atoms. The van der Waals surface area contributed by atoms with Gasteiger partial charge < -0.3 is 10.4 Å². The van der Waals surface area contributed by atoms with Crippen LogP contribution in [0.2, 0.25) is 0 Å². The van der Waals surface area contributed by atoms with E-state index < -0.39 is 11.8 Å². The highest BCUT2D eigenvalue weighted by molar-refractivity contribution is 5.95. The molecule has 1 aromatic rings. The fourth-order valence-electron chi connectivity index (χ4n) is 2.07. The Morgan fingerprint density at radius 2 is 1.95 bits per heavy atom. The summed E-state index contributed by atoms with van der Waals surface area (Å²) in [5.41, 5.74) is 1.06. The SMILES string of the molecule is Cc1ccc(F)cc1C(=O)NC(C)CCCC(C)C(=O)O. The number of carboxylic acid groups (broad SMARTS) is 1. The summed E-state index contributed by atoms with van der Waals surface area (Å²) in [6.45, 7) is 5.28. The van der Waals surface area contributed by atoms with Crippen molar-refractivity contribution in [2.24, 2.45) is 5.92 Å². The van der Waals surface area contributed by atoms with Crippen LogP contribution < -0.4 is 5.32 Å². The van der Waals surface area contributed by atoms with Gasteiger partial charge >= 0.3 is 5.97 Å². The number of aryl methyl sites for hydroxylation is 1. The molecule has 0 fully saturated rings. The highest BCUT2D eigenvalue weighted by atomic mass is 19.1. The molecule has 0 radical (unpaired) electrons. The van der Waals surface area contributed by atoms with E-state index in [1.54, 1.807) is 19.9 Å². The molecule has 0 aliphatic carbocycles. The van der Waals surface area contributed by atoms with Crippen LogP contribution in [-0.2, 0) is 4.79 Å². The summed E-state index contributed by atoms with van der Waals surface area (Å²) in [6, 6.07) is 4.04. The van der Waals surface area contributed by atoms with Gasteiger partial charge in [0.15, 0.2) is 0 Å². The van der Waals surface area contributed by atoms with Crippen LogP contribution in [0.4, 0.5) is 4.39 Å². The molecule has 2 N–H and O–H groups in total. The first-order chi connectivity index (χ1) is 9.81. The maximum Gasteiger partial charge on any atom is 0.306 e. The quantitative estimate of drug-likeness (QED) is 0.812. The van der Waals surface area contributed by atoms with Crippen molar-refractivity contribution < 1.29 is 19.1 Å². The number of benzene rings is 1. The third-order valence-corrected chi connectivity index (χ3v) is 3.52. The molecule has 1 aromatic carbocycles. The lowest BCUT2D eigenvalue weighted by molar-refractivity contribution is -0.141. The van der Waals surface area contributed by atoms with Crippen molar-refractivity contribution >= 4 is 11.9 Å². The van der Waals surface area contributed by atoms with Crippen molar-refractivity contribution in [3.8, 4) is 0 Å². The Kier molecular flexibility index (Phi) is 6.34. The summed E-state index contributed by atoms with van der Waals surface area (Å²) < 4.78 is 13.2. The Balaban J connectivity index is 2.47. The lowest BCUT2D eigenvalue weighted by atomic mass is 10.0. The van der Waals surface area contributed by atoms with Gasteiger partial charge in [0.25, 0.3) is 5.91 Å². The molecule has 0 bridgehead atoms. The van der Waals surface area contributed by atoms with E-state index in [2.05, 4.69) is 5.32 Å². The van der Waals surface area contributed by atoms with Crippen LogP contribution in [0.1, 0.15) is 49.0 Å². The van der Waals surface area contributed by atoms with E-state index in [4.69, 9.17) is 5.11 Å². The zero-order valence-corrected chi connectivity index (χ0v) is 12.6. The lowest BCUT2D eigenvalue weighted by Gasteiger charge is -2.15. The summed E-state index contributed by atoms with van der Waals surface area (Å²) in [4.78, 5) is 22.8. The van der Waals surface area contributed by atoms with E-state index in [-0.39, 0.29) is 17.9 Å². The molecule has 0 saturated carbocycles. The number of aliphatic carboxylic acids is 1. The van der Waals surface area contributed by atoms with Gasteiger partial charge in [0, 0.05) is 11.6 Å². The molecular weight excluding hydrogens is 273 g/mol. The molecule has 4 nitrogen and oxygen atoms in total. The zero-order chi connectivity index (χ0) is 16.0. The maximum absolute atomic E-state index is 13.2. The molecule has 1 rings (SSSR count). The van der Waals surface area contributed by atoms with E-state index in [9.17, 15) is 14.0 Å². The van der Waals surface area contributed by atoms with Crippen molar-refractivity contribution in [1.29, 1.82) is 0 Å². The maximum atomic E-state index is 13.2. The smallest absolute Gasteiger partial charge is 0.306 e. The van der Waals surface area contributed by atoms with E-state index in [1.165, 1.54) is 12.1 Å². The summed E-state index contributed by atoms with van der Waals surface area (Å²) in [5, 5.41) is 11.6. The van der Waals surface area contributed by atoms with Gasteiger partial charge in [0.2, 0.25) is 0 Å². The van der Waals surface area contributed by atoms with Gasteiger partial charge in [0.1, 0.15) is 5.82 Å². The Hall–Kier alpha value is -1.91. The Bertz CT molecular complexity index is 516. The van der Waals surface area contributed by atoms with Crippen LogP contribution in [0.3, 0.4) is 0 Å². The number of hydrogen-bond acceptors (Lipinski definition) is 2. The minimum atomic E-state index is -0.804. The average Bonchev–Trinajstić information content (AvgIpc) is 2.41. The molecule has 0 saturated heterocycles. The highest BCUT2D eigenvalue weighted by Gasteiger charge is 2.14. The molecule has 116 valence electrons. The first-order valence-corrected chi connectivity index (χ1v) is 7.11. The number of amides is 1. The number of hydrogen-bond donors (Lipinski definition) is 2. The van der Waals surface area contributed by atoms with Gasteiger partial charge in [-0.05, 0) is 44.4 Å². The zero-order valence-electron chi connectivity index (χ0n) is 12.6. The van der Waals surface area contributed by atoms with Crippen LogP contribution in [0.15, 0.2) is 18.2 Å². The van der Waals surface area contributed by atoms with Crippen LogP contribution in [-0.4, -0.2) is 23.0 Å². The largest absolute Gasteiger partial charge is 0.481 e. The Labute approximate surface area is 124 Å². The predicted octanol–water partition coefficient (Wildman–Crippen LogP) is 3.14. The second kappa shape index (κ2) is 7.76. The number of carboxylic acids is 1. The van der Waals surface area contributed by atoms with Crippen molar-refractivity contribution in [2.75, 3.05) is 0 Å². The number of halogens is 1. The monoisotopic (exact) mass is 295 g/mol. The van der Waals surface area contributed by atoms with Crippen molar-refractivity contribution in [3.05, 3.63) is 35.1 Å². The molecular formula is C16H22FNO3. The summed E-state index contributed by atoms with van der Waals surface area (Å²) >= 11 is 0. The van der Waals surface area contributed by atoms with Crippen LogP contribution >= 0.6 is 0 Å². The Morgan fingerprint density at radius 3 is 2.57 bits per heavy atom. The summed E-state index contributed by atoms with van der Waals surface area (Å²) in [7, 11) is 0. The second-order valence-corrected chi connectivity index (χ2v) is 5.50. The van der Waals surface area contributed by atoms with E-state index >= 15 is 0 Å². The normalized spacial score (nSPS) is 13.5. The molecule has 1 amide bonds. The summed E-state index contributed by atoms with van der Waals surface area (Å²) in [5.74, 6) is -1.92. The van der Waals surface area contributed by atoms with Gasteiger partial charge in [-0.15, -0.1) is 0 Å². The molecule has 0 aliphatic heterocycles.